The molecule has 0 aromatic rings. The molecule has 0 rings (SSSR count). The van der Waals surface area contributed by atoms with Crippen LogP contribution in [-0.4, -0.2) is 96.7 Å². The number of hydrogen-bond acceptors (Lipinski definition) is 15. The second-order valence-electron chi connectivity index (χ2n) is 32.5. The highest BCUT2D eigenvalue weighted by Gasteiger charge is 2.30. The summed E-state index contributed by atoms with van der Waals surface area (Å²) in [6.45, 7) is 7.37. The Morgan fingerprint density at radius 3 is 0.630 bits per heavy atom. The first-order valence-electron chi connectivity index (χ1n) is 46.1. The molecule has 19 heteroatoms. The van der Waals surface area contributed by atoms with E-state index in [-0.39, 0.29) is 25.7 Å². The Balaban J connectivity index is 5.23. The molecule has 0 saturated heterocycles. The first-order valence-corrected chi connectivity index (χ1v) is 49.1. The van der Waals surface area contributed by atoms with Crippen molar-refractivity contribution in [1.29, 1.82) is 0 Å². The molecule has 0 heterocycles. The average molecular weight is 1580 g/mol. The summed E-state index contributed by atoms with van der Waals surface area (Å²) >= 11 is 0. The number of carbonyl (C=O) groups excluding carboxylic acids is 4. The molecule has 0 amide bonds. The van der Waals surface area contributed by atoms with Gasteiger partial charge in [-0.2, -0.15) is 0 Å². The Kier molecular flexibility index (Phi) is 80.2. The molecule has 0 aromatic heterocycles. The van der Waals surface area contributed by atoms with Crippen LogP contribution in [0.3, 0.4) is 0 Å². The van der Waals surface area contributed by atoms with E-state index in [1.165, 1.54) is 308 Å². The van der Waals surface area contributed by atoms with Gasteiger partial charge in [-0.25, -0.2) is 9.13 Å². The molecule has 642 valence electrons. The zero-order valence-electron chi connectivity index (χ0n) is 71.0. The fraction of sp³-hybridized carbons (Fsp3) is 0.955. The monoisotopic (exact) mass is 1580 g/mol. The molecule has 0 aromatic carbocycles. The highest BCUT2D eigenvalue weighted by molar-refractivity contribution is 7.47. The zero-order valence-corrected chi connectivity index (χ0v) is 72.8. The second-order valence-corrected chi connectivity index (χ2v) is 35.4. The molecule has 0 bridgehead atoms. The van der Waals surface area contributed by atoms with Crippen molar-refractivity contribution in [1.82, 2.24) is 0 Å². The van der Waals surface area contributed by atoms with Crippen LogP contribution in [0.25, 0.3) is 0 Å². The van der Waals surface area contributed by atoms with Crippen LogP contribution in [0.2, 0.25) is 0 Å². The van der Waals surface area contributed by atoms with Gasteiger partial charge in [-0.3, -0.25) is 37.3 Å². The van der Waals surface area contributed by atoms with E-state index in [0.717, 1.165) is 95.8 Å². The Morgan fingerprint density at radius 1 is 0.250 bits per heavy atom. The number of phosphoric ester groups is 2. The molecule has 2 unspecified atom stereocenters. The normalized spacial score (nSPS) is 13.7. The zero-order chi connectivity index (χ0) is 79.0. The molecule has 3 N–H and O–H groups in total. The van der Waals surface area contributed by atoms with E-state index >= 15 is 0 Å². The van der Waals surface area contributed by atoms with Gasteiger partial charge in [-0.15, -0.1) is 0 Å². The Morgan fingerprint density at radius 2 is 0.426 bits per heavy atom. The van der Waals surface area contributed by atoms with E-state index in [0.29, 0.717) is 25.7 Å². The van der Waals surface area contributed by atoms with Gasteiger partial charge in [-0.1, -0.05) is 433 Å². The van der Waals surface area contributed by atoms with Crippen LogP contribution >= 0.6 is 15.6 Å². The van der Waals surface area contributed by atoms with Crippen molar-refractivity contribution in [3.05, 3.63) is 0 Å². The fourth-order valence-electron chi connectivity index (χ4n) is 14.0. The number of phosphoric acid groups is 2. The summed E-state index contributed by atoms with van der Waals surface area (Å²) in [4.78, 5) is 73.3. The lowest BCUT2D eigenvalue weighted by Crippen LogP contribution is -2.30. The summed E-state index contributed by atoms with van der Waals surface area (Å²) in [6, 6.07) is 0. The van der Waals surface area contributed by atoms with E-state index in [1.54, 1.807) is 0 Å². The topological polar surface area (TPSA) is 237 Å². The maximum Gasteiger partial charge on any atom is 0.472 e. The van der Waals surface area contributed by atoms with Crippen molar-refractivity contribution in [2.75, 3.05) is 39.6 Å². The van der Waals surface area contributed by atoms with Crippen LogP contribution in [0.1, 0.15) is 484 Å². The Labute approximate surface area is 664 Å². The van der Waals surface area contributed by atoms with Gasteiger partial charge in [0.2, 0.25) is 0 Å². The molecular weight excluding hydrogens is 1400 g/mol. The van der Waals surface area contributed by atoms with E-state index in [1.807, 2.05) is 0 Å². The maximum atomic E-state index is 13.2. The molecule has 0 spiro atoms. The molecule has 0 saturated carbocycles. The van der Waals surface area contributed by atoms with Gasteiger partial charge in [0.25, 0.3) is 0 Å². The average Bonchev–Trinajstić information content (AvgIpc) is 0.898. The summed E-state index contributed by atoms with van der Waals surface area (Å²) in [6.07, 6.45) is 76.5. The summed E-state index contributed by atoms with van der Waals surface area (Å²) in [7, 11) is -9.93. The number of unbranched alkanes of at least 4 members (excludes halogenated alkanes) is 61. The minimum Gasteiger partial charge on any atom is -0.462 e. The van der Waals surface area contributed by atoms with E-state index in [2.05, 4.69) is 34.6 Å². The summed E-state index contributed by atoms with van der Waals surface area (Å²) in [5.74, 6) is -1.34. The second kappa shape index (κ2) is 81.6. The molecule has 0 aliphatic heterocycles. The third-order valence-corrected chi connectivity index (χ3v) is 22.9. The standard InChI is InChI=1S/C89H174O17P2/c1-6-9-12-15-18-21-24-27-29-31-33-35-37-39-41-44-47-53-58-63-68-73-87(92)100-78-84(105-88(93)74-69-64-59-54-48-45-42-40-38-36-34-32-30-28-25-22-19-16-13-10-7-2)80-103-107(95,96)101-76-83(90)77-102-108(97,98)104-81-85(106-89(94)75-70-65-60-55-50-49-51-56-61-66-71-82(4)5)79-99-86(91)72-67-62-57-52-46-43-26-23-20-17-14-11-8-3/h82-85,90H,6-81H2,1-5H3,(H,95,96)(H,97,98)/t83-,84-,85-/m1/s1. The number of carbonyl (C=O) groups is 4. The molecule has 0 fully saturated rings. The molecule has 17 nitrogen and oxygen atoms in total. The van der Waals surface area contributed by atoms with Crippen molar-refractivity contribution in [2.45, 2.75) is 502 Å². The fourth-order valence-corrected chi connectivity index (χ4v) is 15.6. The number of hydrogen-bond donors (Lipinski definition) is 3. The Hall–Kier alpha value is -1.94. The minimum absolute atomic E-state index is 0.107. The van der Waals surface area contributed by atoms with Crippen molar-refractivity contribution in [3.63, 3.8) is 0 Å². The van der Waals surface area contributed by atoms with E-state index in [9.17, 15) is 43.2 Å². The smallest absolute Gasteiger partial charge is 0.462 e. The highest BCUT2D eigenvalue weighted by Crippen LogP contribution is 2.45. The molecule has 0 aliphatic carbocycles. The summed E-state index contributed by atoms with van der Waals surface area (Å²) in [5.41, 5.74) is 0. The minimum atomic E-state index is -4.97. The van der Waals surface area contributed by atoms with Crippen LogP contribution in [-0.2, 0) is 65.4 Å². The van der Waals surface area contributed by atoms with Crippen molar-refractivity contribution < 1.29 is 80.2 Å². The number of ether oxygens (including phenoxy) is 4. The largest absolute Gasteiger partial charge is 0.472 e. The lowest BCUT2D eigenvalue weighted by molar-refractivity contribution is -0.161. The van der Waals surface area contributed by atoms with Gasteiger partial charge >= 0.3 is 39.5 Å². The number of rotatable bonds is 89. The van der Waals surface area contributed by atoms with Gasteiger partial charge in [0.15, 0.2) is 12.2 Å². The SMILES string of the molecule is CCCCCCCCCCCCCCCCCCCCCCCC(=O)OC[C@H](COP(=O)(O)OC[C@@H](O)COP(=O)(O)OC[C@@H](COC(=O)CCCCCCCCCCCCCCC)OC(=O)CCCCCCCCCCCCC(C)C)OC(=O)CCCCCCCCCCCCCCCCCCCCCCC. The number of aliphatic hydroxyl groups excluding tert-OH is 1. The maximum absolute atomic E-state index is 13.2. The van der Waals surface area contributed by atoms with Gasteiger partial charge in [-0.05, 0) is 31.6 Å². The first-order chi connectivity index (χ1) is 52.5. The van der Waals surface area contributed by atoms with Crippen LogP contribution in [0.5, 0.6) is 0 Å². The van der Waals surface area contributed by atoms with Gasteiger partial charge in [0.05, 0.1) is 26.4 Å². The molecule has 5 atom stereocenters. The van der Waals surface area contributed by atoms with Crippen LogP contribution < -0.4 is 0 Å². The van der Waals surface area contributed by atoms with E-state index < -0.39 is 97.5 Å². The molecular formula is C89H174O17P2. The summed E-state index contributed by atoms with van der Waals surface area (Å²) in [5, 5.41) is 10.7. The van der Waals surface area contributed by atoms with Crippen molar-refractivity contribution >= 4 is 39.5 Å². The quantitative estimate of drug-likeness (QED) is 0.0222. The highest BCUT2D eigenvalue weighted by atomic mass is 31.2. The molecule has 0 aliphatic rings. The predicted molar refractivity (Wildman–Crippen MR) is 446 cm³/mol. The van der Waals surface area contributed by atoms with Crippen LogP contribution in [0.4, 0.5) is 0 Å². The number of esters is 4. The third-order valence-electron chi connectivity index (χ3n) is 21.0. The van der Waals surface area contributed by atoms with Crippen molar-refractivity contribution in [3.8, 4) is 0 Å². The Bertz CT molecular complexity index is 2050. The lowest BCUT2D eigenvalue weighted by Gasteiger charge is -2.21. The lowest BCUT2D eigenvalue weighted by atomic mass is 10.0. The van der Waals surface area contributed by atoms with Gasteiger partial charge < -0.3 is 33.8 Å². The molecule has 0 radical (unpaired) electrons. The summed E-state index contributed by atoms with van der Waals surface area (Å²) < 4.78 is 69.0. The van der Waals surface area contributed by atoms with Crippen LogP contribution in [0.15, 0.2) is 0 Å². The number of aliphatic hydroxyl groups is 1. The van der Waals surface area contributed by atoms with E-state index in [4.69, 9.17) is 37.0 Å². The van der Waals surface area contributed by atoms with Crippen molar-refractivity contribution in [2.24, 2.45) is 5.92 Å². The predicted octanol–water partition coefficient (Wildman–Crippen LogP) is 27.5. The van der Waals surface area contributed by atoms with Gasteiger partial charge in [0.1, 0.15) is 19.3 Å². The van der Waals surface area contributed by atoms with Gasteiger partial charge in [0, 0.05) is 25.7 Å². The molecule has 108 heavy (non-hydrogen) atoms. The third kappa shape index (κ3) is 82.1. The van der Waals surface area contributed by atoms with Crippen LogP contribution in [0, 0.1) is 5.92 Å². The first kappa shape index (κ1) is 106.